The minimum absolute atomic E-state index is 0.0423. The number of hydrogen-bond acceptors (Lipinski definition) is 3. The lowest BCUT2D eigenvalue weighted by Gasteiger charge is -2.25. The summed E-state index contributed by atoms with van der Waals surface area (Å²) in [5.41, 5.74) is 1.20. The number of nitrogens with zero attached hydrogens (tertiary/aromatic N) is 2. The van der Waals surface area contributed by atoms with Crippen LogP contribution in [0.5, 0.6) is 0 Å². The number of aryl methyl sites for hydroxylation is 1. The molecule has 0 radical (unpaired) electrons. The van der Waals surface area contributed by atoms with Gasteiger partial charge in [-0.05, 0) is 38.5 Å². The molecule has 1 heterocycles. The third-order valence-electron chi connectivity index (χ3n) is 3.29. The maximum Gasteiger partial charge on any atom is 0.252 e. The van der Waals surface area contributed by atoms with Crippen molar-refractivity contribution in [2.24, 2.45) is 0 Å². The molecule has 4 nitrogen and oxygen atoms in total. The number of para-hydroxylation sites is 1. The SMILES string of the molecule is Cc1cnc2c(S(=O)(=O)N(CC(F)F)C(C)C)cccc2c1. The Morgan fingerprint density at radius 3 is 2.55 bits per heavy atom. The highest BCUT2D eigenvalue weighted by atomic mass is 32.2. The molecule has 22 heavy (non-hydrogen) atoms. The van der Waals surface area contributed by atoms with Gasteiger partial charge in [0.2, 0.25) is 10.0 Å². The van der Waals surface area contributed by atoms with Crippen molar-refractivity contribution in [3.63, 3.8) is 0 Å². The van der Waals surface area contributed by atoms with Crippen LogP contribution in [-0.4, -0.2) is 36.7 Å². The highest BCUT2D eigenvalue weighted by molar-refractivity contribution is 7.89. The molecule has 0 atom stereocenters. The Labute approximate surface area is 128 Å². The molecule has 1 aromatic carbocycles. The van der Waals surface area contributed by atoms with Crippen molar-refractivity contribution >= 4 is 20.9 Å². The summed E-state index contributed by atoms with van der Waals surface area (Å²) >= 11 is 0. The summed E-state index contributed by atoms with van der Waals surface area (Å²) in [7, 11) is -4.04. The molecule has 120 valence electrons. The summed E-state index contributed by atoms with van der Waals surface area (Å²) in [5, 5.41) is 0.668. The van der Waals surface area contributed by atoms with Crippen LogP contribution in [0.3, 0.4) is 0 Å². The number of hydrogen-bond donors (Lipinski definition) is 0. The van der Waals surface area contributed by atoms with Crippen LogP contribution in [0.25, 0.3) is 10.9 Å². The van der Waals surface area contributed by atoms with Crippen LogP contribution in [0.15, 0.2) is 35.4 Å². The summed E-state index contributed by atoms with van der Waals surface area (Å²) < 4.78 is 51.8. The molecule has 0 fully saturated rings. The Morgan fingerprint density at radius 1 is 1.27 bits per heavy atom. The third-order valence-corrected chi connectivity index (χ3v) is 5.36. The number of alkyl halides is 2. The molecule has 7 heteroatoms. The highest BCUT2D eigenvalue weighted by Crippen LogP contribution is 2.26. The molecule has 0 saturated heterocycles. The van der Waals surface area contributed by atoms with Gasteiger partial charge in [-0.25, -0.2) is 17.2 Å². The second-order valence-corrected chi connectivity index (χ2v) is 7.26. The molecule has 0 aliphatic heterocycles. The maximum atomic E-state index is 12.8. The van der Waals surface area contributed by atoms with Gasteiger partial charge >= 0.3 is 0 Å². The van der Waals surface area contributed by atoms with Gasteiger partial charge in [0.05, 0.1) is 12.1 Å². The summed E-state index contributed by atoms with van der Waals surface area (Å²) in [6.07, 6.45) is -1.17. The lowest BCUT2D eigenvalue weighted by atomic mass is 10.2. The van der Waals surface area contributed by atoms with Gasteiger partial charge < -0.3 is 0 Å². The Balaban J connectivity index is 2.62. The zero-order valence-corrected chi connectivity index (χ0v) is 13.4. The second kappa shape index (κ2) is 6.26. The van der Waals surface area contributed by atoms with Crippen molar-refractivity contribution in [2.75, 3.05) is 6.54 Å². The molecule has 2 rings (SSSR count). The van der Waals surface area contributed by atoms with Crippen LogP contribution in [-0.2, 0) is 10.0 Å². The quantitative estimate of drug-likeness (QED) is 0.847. The Kier molecular flexibility index (Phi) is 4.77. The minimum atomic E-state index is -4.04. The zero-order chi connectivity index (χ0) is 16.5. The van der Waals surface area contributed by atoms with Crippen LogP contribution in [0.4, 0.5) is 8.78 Å². The van der Waals surface area contributed by atoms with E-state index >= 15 is 0 Å². The van der Waals surface area contributed by atoms with Crippen LogP contribution >= 0.6 is 0 Å². The van der Waals surface area contributed by atoms with Crippen LogP contribution < -0.4 is 0 Å². The number of fused-ring (bicyclic) bond motifs is 1. The largest absolute Gasteiger partial charge is 0.255 e. The fraction of sp³-hybridized carbons (Fsp3) is 0.400. The average molecular weight is 328 g/mol. The van der Waals surface area contributed by atoms with Gasteiger partial charge in [-0.3, -0.25) is 4.98 Å². The summed E-state index contributed by atoms with van der Waals surface area (Å²) in [6, 6.07) is 5.99. The first-order chi connectivity index (χ1) is 10.2. The lowest BCUT2D eigenvalue weighted by Crippen LogP contribution is -2.40. The van der Waals surface area contributed by atoms with Crippen molar-refractivity contribution in [1.82, 2.24) is 9.29 Å². The predicted octanol–water partition coefficient (Wildman–Crippen LogP) is 3.21. The molecule has 0 bridgehead atoms. The fourth-order valence-corrected chi connectivity index (χ4v) is 4.08. The molecular formula is C15H18F2N2O2S. The lowest BCUT2D eigenvalue weighted by molar-refractivity contribution is 0.111. The van der Waals surface area contributed by atoms with E-state index in [1.165, 1.54) is 6.07 Å². The number of sulfonamides is 1. The van der Waals surface area contributed by atoms with Crippen LogP contribution in [0, 0.1) is 6.92 Å². The molecule has 0 amide bonds. The molecule has 0 unspecified atom stereocenters. The first-order valence-corrected chi connectivity index (χ1v) is 8.33. The highest BCUT2D eigenvalue weighted by Gasteiger charge is 2.31. The Bertz CT molecular complexity index is 776. The van der Waals surface area contributed by atoms with Gasteiger partial charge in [0.15, 0.2) is 0 Å². The van der Waals surface area contributed by atoms with E-state index in [2.05, 4.69) is 4.98 Å². The Hall–Kier alpha value is -1.60. The molecule has 1 aromatic heterocycles. The van der Waals surface area contributed by atoms with Crippen LogP contribution in [0.2, 0.25) is 0 Å². The van der Waals surface area contributed by atoms with E-state index in [0.29, 0.717) is 10.9 Å². The van der Waals surface area contributed by atoms with Gasteiger partial charge in [-0.1, -0.05) is 12.1 Å². The van der Waals surface area contributed by atoms with E-state index in [0.717, 1.165) is 9.87 Å². The number of benzene rings is 1. The minimum Gasteiger partial charge on any atom is -0.255 e. The summed E-state index contributed by atoms with van der Waals surface area (Å²) in [5.74, 6) is 0. The first-order valence-electron chi connectivity index (χ1n) is 6.89. The predicted molar refractivity (Wildman–Crippen MR) is 81.5 cm³/mol. The van der Waals surface area contributed by atoms with Crippen molar-refractivity contribution in [3.8, 4) is 0 Å². The molecule has 0 spiro atoms. The van der Waals surface area contributed by atoms with Crippen molar-refractivity contribution in [3.05, 3.63) is 36.0 Å². The fourth-order valence-electron chi connectivity index (χ4n) is 2.30. The van der Waals surface area contributed by atoms with E-state index in [1.807, 2.05) is 13.0 Å². The third kappa shape index (κ3) is 3.25. The summed E-state index contributed by atoms with van der Waals surface area (Å²) in [4.78, 5) is 4.13. The zero-order valence-electron chi connectivity index (χ0n) is 12.6. The normalized spacial score (nSPS) is 12.7. The number of aromatic nitrogens is 1. The monoisotopic (exact) mass is 328 g/mol. The maximum absolute atomic E-state index is 12.8. The second-order valence-electron chi connectivity index (χ2n) is 5.40. The van der Waals surface area contributed by atoms with Crippen molar-refractivity contribution in [2.45, 2.75) is 38.1 Å². The van der Waals surface area contributed by atoms with E-state index in [9.17, 15) is 17.2 Å². The molecule has 0 aliphatic carbocycles. The van der Waals surface area contributed by atoms with Crippen LogP contribution in [0.1, 0.15) is 19.4 Å². The molecule has 0 saturated carbocycles. The van der Waals surface area contributed by atoms with Gasteiger partial charge in [-0.2, -0.15) is 4.31 Å². The van der Waals surface area contributed by atoms with E-state index < -0.39 is 29.0 Å². The van der Waals surface area contributed by atoms with Crippen molar-refractivity contribution < 1.29 is 17.2 Å². The number of halogens is 2. The Morgan fingerprint density at radius 2 is 1.95 bits per heavy atom. The molecule has 0 aliphatic rings. The first kappa shape index (κ1) is 16.8. The number of rotatable bonds is 5. The van der Waals surface area contributed by atoms with Crippen molar-refractivity contribution in [1.29, 1.82) is 0 Å². The molecular weight excluding hydrogens is 310 g/mol. The number of pyridine rings is 1. The summed E-state index contributed by atoms with van der Waals surface area (Å²) in [6.45, 7) is 4.17. The molecule has 0 N–H and O–H groups in total. The average Bonchev–Trinajstić information content (AvgIpc) is 2.43. The van der Waals surface area contributed by atoms with E-state index in [-0.39, 0.29) is 4.90 Å². The van der Waals surface area contributed by atoms with Gasteiger partial charge in [0.1, 0.15) is 4.90 Å². The van der Waals surface area contributed by atoms with Gasteiger partial charge in [-0.15, -0.1) is 0 Å². The smallest absolute Gasteiger partial charge is 0.252 e. The molecule has 2 aromatic rings. The van der Waals surface area contributed by atoms with Gasteiger partial charge in [0, 0.05) is 17.6 Å². The van der Waals surface area contributed by atoms with E-state index in [4.69, 9.17) is 0 Å². The van der Waals surface area contributed by atoms with E-state index in [1.54, 1.807) is 32.2 Å². The topological polar surface area (TPSA) is 50.3 Å². The van der Waals surface area contributed by atoms with Gasteiger partial charge in [0.25, 0.3) is 6.43 Å². The standard InChI is InChI=1S/C15H18F2N2O2S/c1-10(2)19(9-14(16)17)22(20,21)13-6-4-5-12-7-11(3)8-18-15(12)13/h4-8,10,14H,9H2,1-3H3.